The molecule has 0 spiro atoms. The monoisotopic (exact) mass is 236 g/mol. The minimum Gasteiger partial charge on any atom is -0.316 e. The summed E-state index contributed by atoms with van der Waals surface area (Å²) >= 11 is 0. The molecule has 17 heavy (non-hydrogen) atoms. The Kier molecular flexibility index (Phi) is 5.98. The summed E-state index contributed by atoms with van der Waals surface area (Å²) in [5, 5.41) is 3.45. The van der Waals surface area contributed by atoms with Gasteiger partial charge in [0.2, 0.25) is 0 Å². The minimum absolute atomic E-state index is 0.112. The maximum Gasteiger partial charge on any atom is 0.250 e. The van der Waals surface area contributed by atoms with E-state index in [1.807, 2.05) is 19.2 Å². The molecule has 3 heteroatoms. The molecule has 1 unspecified atom stereocenters. The molecule has 1 heterocycles. The Morgan fingerprint density at radius 2 is 2.18 bits per heavy atom. The number of nitrogens with zero attached hydrogens (tertiary/aromatic N) is 1. The van der Waals surface area contributed by atoms with Gasteiger partial charge in [0.25, 0.3) is 5.56 Å². The van der Waals surface area contributed by atoms with Crippen LogP contribution < -0.4 is 10.9 Å². The smallest absolute Gasteiger partial charge is 0.250 e. The highest BCUT2D eigenvalue weighted by Crippen LogP contribution is 2.03. The Hall–Kier alpha value is -1.09. The molecule has 3 nitrogen and oxygen atoms in total. The molecule has 0 aliphatic rings. The van der Waals surface area contributed by atoms with Crippen LogP contribution in [0.1, 0.15) is 38.7 Å². The lowest BCUT2D eigenvalue weighted by Gasteiger charge is -2.15. The number of hydrogen-bond donors (Lipinski definition) is 1. The standard InChI is InChI=1S/C14H24N2O/c1-4-13(15-5-2)7-6-9-16-10-8-12(3)11-14(16)17/h8,10-11,13,15H,4-7,9H2,1-3H3. The van der Waals surface area contributed by atoms with E-state index in [0.717, 1.165) is 37.9 Å². The zero-order valence-corrected chi connectivity index (χ0v) is 11.2. The molecule has 0 saturated carbocycles. The van der Waals surface area contributed by atoms with Crippen LogP contribution in [0, 0.1) is 6.92 Å². The van der Waals surface area contributed by atoms with Gasteiger partial charge in [-0.05, 0) is 44.4 Å². The van der Waals surface area contributed by atoms with E-state index in [4.69, 9.17) is 0 Å². The Morgan fingerprint density at radius 3 is 2.76 bits per heavy atom. The van der Waals surface area contributed by atoms with Gasteiger partial charge in [-0.25, -0.2) is 0 Å². The quantitative estimate of drug-likeness (QED) is 0.788. The molecule has 96 valence electrons. The van der Waals surface area contributed by atoms with Gasteiger partial charge in [0.1, 0.15) is 0 Å². The van der Waals surface area contributed by atoms with Gasteiger partial charge in [-0.3, -0.25) is 4.79 Å². The van der Waals surface area contributed by atoms with Gasteiger partial charge in [-0.15, -0.1) is 0 Å². The summed E-state index contributed by atoms with van der Waals surface area (Å²) in [5.74, 6) is 0. The maximum absolute atomic E-state index is 11.7. The van der Waals surface area contributed by atoms with E-state index in [1.165, 1.54) is 0 Å². The molecular formula is C14H24N2O. The fraction of sp³-hybridized carbons (Fsp3) is 0.643. The number of aryl methyl sites for hydroxylation is 2. The highest BCUT2D eigenvalue weighted by atomic mass is 16.1. The molecule has 1 aromatic rings. The Bertz CT molecular complexity index is 384. The predicted octanol–water partition coefficient (Wildman–Crippen LogP) is 2.33. The Balaban J connectivity index is 2.42. The van der Waals surface area contributed by atoms with Gasteiger partial charge < -0.3 is 9.88 Å². The summed E-state index contributed by atoms with van der Waals surface area (Å²) in [4.78, 5) is 11.7. The van der Waals surface area contributed by atoms with Crippen molar-refractivity contribution >= 4 is 0 Å². The second-order valence-electron chi connectivity index (χ2n) is 4.54. The van der Waals surface area contributed by atoms with Crippen LogP contribution in [0.15, 0.2) is 23.1 Å². The van der Waals surface area contributed by atoms with Crippen molar-refractivity contribution in [2.24, 2.45) is 0 Å². The third-order valence-electron chi connectivity index (χ3n) is 3.09. The van der Waals surface area contributed by atoms with Gasteiger partial charge >= 0.3 is 0 Å². The van der Waals surface area contributed by atoms with Crippen LogP contribution in [0.2, 0.25) is 0 Å². The summed E-state index contributed by atoms with van der Waals surface area (Å²) < 4.78 is 1.80. The summed E-state index contributed by atoms with van der Waals surface area (Å²) in [7, 11) is 0. The van der Waals surface area contributed by atoms with E-state index >= 15 is 0 Å². The molecule has 0 aliphatic carbocycles. The largest absolute Gasteiger partial charge is 0.316 e. The normalized spacial score (nSPS) is 12.6. The van der Waals surface area contributed by atoms with E-state index in [9.17, 15) is 4.79 Å². The Morgan fingerprint density at radius 1 is 1.41 bits per heavy atom. The third-order valence-corrected chi connectivity index (χ3v) is 3.09. The molecule has 0 saturated heterocycles. The van der Waals surface area contributed by atoms with E-state index in [2.05, 4.69) is 19.2 Å². The number of aromatic nitrogens is 1. The van der Waals surface area contributed by atoms with Crippen LogP contribution in [0.4, 0.5) is 0 Å². The first kappa shape index (κ1) is 14.0. The lowest BCUT2D eigenvalue weighted by molar-refractivity contribution is 0.446. The molecule has 0 radical (unpaired) electrons. The van der Waals surface area contributed by atoms with Gasteiger partial charge in [-0.1, -0.05) is 13.8 Å². The SMILES string of the molecule is CCNC(CC)CCCn1ccc(C)cc1=O. The molecule has 1 atom stereocenters. The van der Waals surface area contributed by atoms with Gasteiger partial charge in [0, 0.05) is 24.8 Å². The molecule has 1 aromatic heterocycles. The summed E-state index contributed by atoms with van der Waals surface area (Å²) in [5.41, 5.74) is 1.15. The second-order valence-corrected chi connectivity index (χ2v) is 4.54. The van der Waals surface area contributed by atoms with Crippen LogP contribution in [0.25, 0.3) is 0 Å². The lowest BCUT2D eigenvalue weighted by Crippen LogP contribution is -2.28. The van der Waals surface area contributed by atoms with Crippen molar-refractivity contribution in [3.8, 4) is 0 Å². The van der Waals surface area contributed by atoms with Gasteiger partial charge in [0.05, 0.1) is 0 Å². The van der Waals surface area contributed by atoms with Crippen LogP contribution >= 0.6 is 0 Å². The first-order chi connectivity index (χ1) is 8.17. The average molecular weight is 236 g/mol. The zero-order chi connectivity index (χ0) is 12.7. The lowest BCUT2D eigenvalue weighted by atomic mass is 10.1. The van der Waals surface area contributed by atoms with E-state index in [-0.39, 0.29) is 5.56 Å². The highest BCUT2D eigenvalue weighted by Gasteiger charge is 2.04. The first-order valence-corrected chi connectivity index (χ1v) is 6.57. The highest BCUT2D eigenvalue weighted by molar-refractivity contribution is 5.07. The van der Waals surface area contributed by atoms with Gasteiger partial charge in [0.15, 0.2) is 0 Å². The molecule has 0 fully saturated rings. The fourth-order valence-electron chi connectivity index (χ4n) is 2.04. The topological polar surface area (TPSA) is 34.0 Å². The van der Waals surface area contributed by atoms with Crippen molar-refractivity contribution in [3.63, 3.8) is 0 Å². The first-order valence-electron chi connectivity index (χ1n) is 6.57. The molecule has 0 bridgehead atoms. The summed E-state index contributed by atoms with van der Waals surface area (Å²) in [6.45, 7) is 8.12. The van der Waals surface area contributed by atoms with Crippen LogP contribution in [-0.2, 0) is 6.54 Å². The van der Waals surface area contributed by atoms with E-state index < -0.39 is 0 Å². The molecule has 0 aliphatic heterocycles. The van der Waals surface area contributed by atoms with Crippen molar-refractivity contribution in [2.75, 3.05) is 6.54 Å². The van der Waals surface area contributed by atoms with Crippen molar-refractivity contribution < 1.29 is 0 Å². The maximum atomic E-state index is 11.7. The van der Waals surface area contributed by atoms with Crippen molar-refractivity contribution in [1.82, 2.24) is 9.88 Å². The Labute approximate surface area is 104 Å². The van der Waals surface area contributed by atoms with E-state index in [0.29, 0.717) is 6.04 Å². The fourth-order valence-corrected chi connectivity index (χ4v) is 2.04. The van der Waals surface area contributed by atoms with Crippen LogP contribution in [-0.4, -0.2) is 17.2 Å². The van der Waals surface area contributed by atoms with Gasteiger partial charge in [-0.2, -0.15) is 0 Å². The van der Waals surface area contributed by atoms with Crippen LogP contribution in [0.5, 0.6) is 0 Å². The zero-order valence-electron chi connectivity index (χ0n) is 11.2. The molecule has 0 amide bonds. The van der Waals surface area contributed by atoms with Crippen LogP contribution in [0.3, 0.4) is 0 Å². The van der Waals surface area contributed by atoms with Crippen molar-refractivity contribution in [1.29, 1.82) is 0 Å². The predicted molar refractivity (Wildman–Crippen MR) is 72.4 cm³/mol. The third kappa shape index (κ3) is 4.73. The van der Waals surface area contributed by atoms with Crippen molar-refractivity contribution in [3.05, 3.63) is 34.2 Å². The summed E-state index contributed by atoms with van der Waals surface area (Å²) in [6.07, 6.45) is 5.22. The second kappa shape index (κ2) is 7.28. The molecular weight excluding hydrogens is 212 g/mol. The average Bonchev–Trinajstić information content (AvgIpc) is 2.30. The molecule has 1 rings (SSSR count). The number of hydrogen-bond acceptors (Lipinski definition) is 2. The van der Waals surface area contributed by atoms with Crippen molar-refractivity contribution in [2.45, 2.75) is 52.6 Å². The summed E-state index contributed by atoms with van der Waals surface area (Å²) in [6, 6.07) is 4.27. The number of nitrogens with one attached hydrogen (secondary N) is 1. The molecule has 0 aromatic carbocycles. The molecule has 1 N–H and O–H groups in total. The van der Waals surface area contributed by atoms with E-state index in [1.54, 1.807) is 10.6 Å². The number of pyridine rings is 1. The number of rotatable bonds is 7. The minimum atomic E-state index is 0.112.